The highest BCUT2D eigenvalue weighted by Crippen LogP contribution is 2.17. The first-order valence-electron chi connectivity index (χ1n) is 5.92. The van der Waals surface area contributed by atoms with Gasteiger partial charge in [0.1, 0.15) is 12.2 Å². The summed E-state index contributed by atoms with van der Waals surface area (Å²) in [5, 5.41) is 10.8. The van der Waals surface area contributed by atoms with Gasteiger partial charge in [0.05, 0.1) is 17.6 Å². The van der Waals surface area contributed by atoms with E-state index in [2.05, 4.69) is 30.2 Å². The highest BCUT2D eigenvalue weighted by atomic mass is 32.2. The summed E-state index contributed by atoms with van der Waals surface area (Å²) in [6, 6.07) is 6.72. The van der Waals surface area contributed by atoms with Crippen molar-refractivity contribution in [3.63, 3.8) is 0 Å². The van der Waals surface area contributed by atoms with Gasteiger partial charge in [-0.25, -0.2) is 9.67 Å². The lowest BCUT2D eigenvalue weighted by atomic mass is 10.3. The molecule has 0 atom stereocenters. The number of aryl methyl sites for hydroxylation is 1. The Morgan fingerprint density at radius 2 is 2.19 bits per heavy atom. The van der Waals surface area contributed by atoms with E-state index in [1.807, 2.05) is 0 Å². The normalized spacial score (nSPS) is 11.5. The molecule has 1 aromatic carbocycles. The molecule has 0 amide bonds. The molecule has 0 aliphatic heterocycles. The summed E-state index contributed by atoms with van der Waals surface area (Å²) < 4.78 is 28.3. The number of imidazole rings is 1. The molecule has 0 saturated carbocycles. The van der Waals surface area contributed by atoms with Crippen molar-refractivity contribution in [3.8, 4) is 5.69 Å². The SMILES string of the molecule is Cc1ncc(S(=O)(=O)Nc2cccc(-n3cnnn3)c2)[nH]1. The van der Waals surface area contributed by atoms with Crippen LogP contribution in [-0.4, -0.2) is 38.6 Å². The zero-order valence-electron chi connectivity index (χ0n) is 10.9. The smallest absolute Gasteiger partial charge is 0.278 e. The van der Waals surface area contributed by atoms with Crippen LogP contribution in [0.15, 0.2) is 41.8 Å². The van der Waals surface area contributed by atoms with Gasteiger partial charge in [-0.3, -0.25) is 4.72 Å². The number of rotatable bonds is 4. The maximum absolute atomic E-state index is 12.2. The number of aromatic nitrogens is 6. The second kappa shape index (κ2) is 4.98. The number of sulfonamides is 1. The molecule has 2 heterocycles. The van der Waals surface area contributed by atoms with Crippen LogP contribution in [0.4, 0.5) is 5.69 Å². The number of hydrogen-bond acceptors (Lipinski definition) is 6. The maximum Gasteiger partial charge on any atom is 0.278 e. The summed E-state index contributed by atoms with van der Waals surface area (Å²) in [4.78, 5) is 6.56. The van der Waals surface area contributed by atoms with E-state index < -0.39 is 10.0 Å². The Bertz CT molecular complexity index is 854. The molecule has 3 rings (SSSR count). The number of hydrogen-bond donors (Lipinski definition) is 2. The second-order valence-corrected chi connectivity index (χ2v) is 5.89. The van der Waals surface area contributed by atoms with Crippen molar-refractivity contribution in [2.45, 2.75) is 11.9 Å². The van der Waals surface area contributed by atoms with E-state index in [0.29, 0.717) is 17.2 Å². The third kappa shape index (κ3) is 2.74. The Balaban J connectivity index is 1.90. The molecule has 2 N–H and O–H groups in total. The molecule has 0 bridgehead atoms. The summed E-state index contributed by atoms with van der Waals surface area (Å²) >= 11 is 0. The van der Waals surface area contributed by atoms with Gasteiger partial charge in [-0.2, -0.15) is 8.42 Å². The fraction of sp³-hybridized carbons (Fsp3) is 0.0909. The van der Waals surface area contributed by atoms with Crippen LogP contribution < -0.4 is 4.72 Å². The first-order chi connectivity index (χ1) is 10.0. The fourth-order valence-corrected chi connectivity index (χ4v) is 2.76. The van der Waals surface area contributed by atoms with Crippen molar-refractivity contribution < 1.29 is 8.42 Å². The lowest BCUT2D eigenvalue weighted by Crippen LogP contribution is -2.13. The minimum absolute atomic E-state index is 0.00725. The molecule has 10 heteroatoms. The fourth-order valence-electron chi connectivity index (χ4n) is 1.74. The predicted molar refractivity (Wildman–Crippen MR) is 73.3 cm³/mol. The summed E-state index contributed by atoms with van der Waals surface area (Å²) in [6.07, 6.45) is 2.69. The van der Waals surface area contributed by atoms with Crippen molar-refractivity contribution in [2.24, 2.45) is 0 Å². The van der Waals surface area contributed by atoms with Crippen molar-refractivity contribution >= 4 is 15.7 Å². The van der Waals surface area contributed by atoms with E-state index >= 15 is 0 Å². The van der Waals surface area contributed by atoms with Crippen molar-refractivity contribution in [2.75, 3.05) is 4.72 Å². The third-order valence-corrected chi connectivity index (χ3v) is 3.97. The van der Waals surface area contributed by atoms with Gasteiger partial charge in [-0.05, 0) is 35.5 Å². The van der Waals surface area contributed by atoms with Gasteiger partial charge in [0.15, 0.2) is 5.03 Å². The van der Waals surface area contributed by atoms with E-state index in [-0.39, 0.29) is 5.03 Å². The molecule has 0 aliphatic rings. The van der Waals surface area contributed by atoms with Gasteiger partial charge < -0.3 is 4.98 Å². The Morgan fingerprint density at radius 1 is 1.33 bits per heavy atom. The molecule has 108 valence electrons. The first-order valence-corrected chi connectivity index (χ1v) is 7.41. The Kier molecular flexibility index (Phi) is 3.14. The van der Waals surface area contributed by atoms with Crippen LogP contribution in [0.1, 0.15) is 5.82 Å². The number of aromatic amines is 1. The van der Waals surface area contributed by atoms with Gasteiger partial charge in [0, 0.05) is 0 Å². The lowest BCUT2D eigenvalue weighted by molar-refractivity contribution is 0.598. The highest BCUT2D eigenvalue weighted by Gasteiger charge is 2.16. The van der Waals surface area contributed by atoms with E-state index in [4.69, 9.17) is 0 Å². The predicted octanol–water partition coefficient (Wildman–Crippen LogP) is 0.495. The largest absolute Gasteiger partial charge is 0.332 e. The highest BCUT2D eigenvalue weighted by molar-refractivity contribution is 7.92. The Hall–Kier alpha value is -2.75. The average Bonchev–Trinajstić information content (AvgIpc) is 3.09. The topological polar surface area (TPSA) is 118 Å². The molecule has 2 aromatic heterocycles. The Morgan fingerprint density at radius 3 is 2.86 bits per heavy atom. The van der Waals surface area contributed by atoms with E-state index in [1.165, 1.54) is 17.2 Å². The average molecular weight is 305 g/mol. The third-order valence-electron chi connectivity index (χ3n) is 2.68. The summed E-state index contributed by atoms with van der Waals surface area (Å²) in [7, 11) is -3.71. The summed E-state index contributed by atoms with van der Waals surface area (Å²) in [6.45, 7) is 1.68. The molecule has 3 aromatic rings. The molecule has 9 nitrogen and oxygen atoms in total. The first kappa shape index (κ1) is 13.2. The van der Waals surface area contributed by atoms with Crippen LogP contribution in [0.25, 0.3) is 5.69 Å². The van der Waals surface area contributed by atoms with Crippen LogP contribution in [0.2, 0.25) is 0 Å². The van der Waals surface area contributed by atoms with Crippen LogP contribution >= 0.6 is 0 Å². The molecule has 0 aliphatic carbocycles. The van der Waals surface area contributed by atoms with Gasteiger partial charge in [-0.1, -0.05) is 6.07 Å². The minimum atomic E-state index is -3.71. The number of nitrogens with zero attached hydrogens (tertiary/aromatic N) is 5. The monoisotopic (exact) mass is 305 g/mol. The minimum Gasteiger partial charge on any atom is -0.332 e. The van der Waals surface area contributed by atoms with Crippen molar-refractivity contribution in [1.82, 2.24) is 30.2 Å². The van der Waals surface area contributed by atoms with Crippen LogP contribution in [0.5, 0.6) is 0 Å². The van der Waals surface area contributed by atoms with Crippen molar-refractivity contribution in [1.29, 1.82) is 0 Å². The molecule has 0 unspecified atom stereocenters. The number of benzene rings is 1. The molecule has 21 heavy (non-hydrogen) atoms. The second-order valence-electron chi connectivity index (χ2n) is 4.24. The van der Waals surface area contributed by atoms with Crippen LogP contribution in [0.3, 0.4) is 0 Å². The lowest BCUT2D eigenvalue weighted by Gasteiger charge is -2.07. The van der Waals surface area contributed by atoms with Gasteiger partial charge in [-0.15, -0.1) is 5.10 Å². The molecule has 0 saturated heterocycles. The number of nitrogens with one attached hydrogen (secondary N) is 2. The standard InChI is InChI=1S/C11H11N7O2S/c1-8-12-6-11(14-8)21(19,20)15-9-3-2-4-10(5-9)18-7-13-16-17-18/h2-7,15H,1H3,(H,12,14). The maximum atomic E-state index is 12.2. The molecular weight excluding hydrogens is 294 g/mol. The van der Waals surface area contributed by atoms with Gasteiger partial charge in [0.2, 0.25) is 0 Å². The summed E-state index contributed by atoms with van der Waals surface area (Å²) in [5.41, 5.74) is 1.04. The van der Waals surface area contributed by atoms with Gasteiger partial charge >= 0.3 is 0 Å². The quantitative estimate of drug-likeness (QED) is 0.724. The summed E-state index contributed by atoms with van der Waals surface area (Å²) in [5.74, 6) is 0.526. The zero-order valence-corrected chi connectivity index (χ0v) is 11.7. The van der Waals surface area contributed by atoms with E-state index in [9.17, 15) is 8.42 Å². The Labute approximate surface area is 120 Å². The molecule has 0 spiro atoms. The van der Waals surface area contributed by atoms with Crippen LogP contribution in [0, 0.1) is 6.92 Å². The zero-order chi connectivity index (χ0) is 14.9. The van der Waals surface area contributed by atoms with E-state index in [1.54, 1.807) is 31.2 Å². The molecular formula is C11H11N7O2S. The van der Waals surface area contributed by atoms with Crippen molar-refractivity contribution in [3.05, 3.63) is 42.6 Å². The number of tetrazole rings is 1. The number of anilines is 1. The molecule has 0 radical (unpaired) electrons. The van der Waals surface area contributed by atoms with E-state index in [0.717, 1.165) is 0 Å². The number of H-pyrrole nitrogens is 1. The van der Waals surface area contributed by atoms with Gasteiger partial charge in [0.25, 0.3) is 10.0 Å². The van der Waals surface area contributed by atoms with Crippen LogP contribution in [-0.2, 0) is 10.0 Å². The molecule has 0 fully saturated rings.